The Bertz CT molecular complexity index is 457. The Morgan fingerprint density at radius 3 is 2.94 bits per heavy atom. The number of carboxylic acid groups (broad SMARTS) is 1. The van der Waals surface area contributed by atoms with Crippen LogP contribution in [-0.4, -0.2) is 27.6 Å². The third kappa shape index (κ3) is 3.68. The molecule has 0 aliphatic carbocycles. The molecule has 0 aromatic carbocycles. The molecule has 0 saturated heterocycles. The van der Waals surface area contributed by atoms with E-state index in [1.54, 1.807) is 25.3 Å². The van der Waals surface area contributed by atoms with E-state index in [-0.39, 0.29) is 18.5 Å². The van der Waals surface area contributed by atoms with Crippen LogP contribution in [0.2, 0.25) is 0 Å². The first-order valence-corrected chi connectivity index (χ1v) is 5.16. The van der Waals surface area contributed by atoms with Gasteiger partial charge in [-0.05, 0) is 19.1 Å². The topological polar surface area (TPSA) is 71.3 Å². The number of aliphatic carboxylic acids is 1. The number of carboxylic acids is 1. The summed E-state index contributed by atoms with van der Waals surface area (Å²) in [5.41, 5.74) is 0.316. The summed E-state index contributed by atoms with van der Waals surface area (Å²) in [6.45, 7) is 1.56. The van der Waals surface area contributed by atoms with Gasteiger partial charge in [0.1, 0.15) is 12.2 Å². The second-order valence-corrected chi connectivity index (χ2v) is 3.70. The van der Waals surface area contributed by atoms with Crippen molar-refractivity contribution < 1.29 is 14.7 Å². The molecule has 0 aliphatic rings. The van der Waals surface area contributed by atoms with E-state index in [0.717, 1.165) is 0 Å². The van der Waals surface area contributed by atoms with Gasteiger partial charge in [0.2, 0.25) is 0 Å². The molecule has 0 bridgehead atoms. The highest BCUT2D eigenvalue weighted by Crippen LogP contribution is 2.03. The van der Waals surface area contributed by atoms with E-state index in [2.05, 4.69) is 11.2 Å². The van der Waals surface area contributed by atoms with Gasteiger partial charge in [0.15, 0.2) is 0 Å². The SMILES string of the molecule is C#CCC(C)NC(=O)c1cccn1CC(=O)O. The molecule has 0 spiro atoms. The predicted octanol–water partition coefficient (Wildman–Crippen LogP) is 0.714. The highest BCUT2D eigenvalue weighted by atomic mass is 16.4. The maximum Gasteiger partial charge on any atom is 0.323 e. The Labute approximate surface area is 99.4 Å². The van der Waals surface area contributed by atoms with Crippen LogP contribution in [0.4, 0.5) is 0 Å². The van der Waals surface area contributed by atoms with Crippen molar-refractivity contribution in [3.63, 3.8) is 0 Å². The minimum Gasteiger partial charge on any atom is -0.480 e. The number of hydrogen-bond acceptors (Lipinski definition) is 2. The Balaban J connectivity index is 2.72. The Kier molecular flexibility index (Phi) is 4.35. The zero-order valence-electron chi connectivity index (χ0n) is 9.51. The average Bonchev–Trinajstić information content (AvgIpc) is 2.65. The zero-order chi connectivity index (χ0) is 12.8. The van der Waals surface area contributed by atoms with Crippen molar-refractivity contribution in [1.29, 1.82) is 0 Å². The number of carbonyl (C=O) groups is 2. The molecule has 5 nitrogen and oxygen atoms in total. The first-order valence-electron chi connectivity index (χ1n) is 5.16. The van der Waals surface area contributed by atoms with Crippen molar-refractivity contribution >= 4 is 11.9 Å². The summed E-state index contributed by atoms with van der Waals surface area (Å²) in [5.74, 6) is 1.14. The van der Waals surface area contributed by atoms with Crippen molar-refractivity contribution in [1.82, 2.24) is 9.88 Å². The van der Waals surface area contributed by atoms with E-state index in [0.29, 0.717) is 12.1 Å². The predicted molar refractivity (Wildman–Crippen MR) is 62.4 cm³/mol. The summed E-state index contributed by atoms with van der Waals surface area (Å²) in [4.78, 5) is 22.4. The lowest BCUT2D eigenvalue weighted by Gasteiger charge is -2.12. The molecular formula is C12H14N2O3. The van der Waals surface area contributed by atoms with Crippen LogP contribution in [-0.2, 0) is 11.3 Å². The molecule has 1 atom stereocenters. The van der Waals surface area contributed by atoms with Crippen LogP contribution < -0.4 is 5.32 Å². The average molecular weight is 234 g/mol. The molecular weight excluding hydrogens is 220 g/mol. The summed E-state index contributed by atoms with van der Waals surface area (Å²) in [6.07, 6.45) is 7.12. The third-order valence-electron chi connectivity index (χ3n) is 2.17. The molecule has 1 heterocycles. The minimum atomic E-state index is -0.994. The van der Waals surface area contributed by atoms with Gasteiger partial charge in [0.05, 0.1) is 0 Å². The van der Waals surface area contributed by atoms with Gasteiger partial charge >= 0.3 is 5.97 Å². The molecule has 0 radical (unpaired) electrons. The van der Waals surface area contributed by atoms with E-state index in [4.69, 9.17) is 11.5 Å². The monoisotopic (exact) mass is 234 g/mol. The summed E-state index contributed by atoms with van der Waals surface area (Å²) < 4.78 is 1.38. The van der Waals surface area contributed by atoms with Gasteiger partial charge in [-0.2, -0.15) is 0 Å². The van der Waals surface area contributed by atoms with Crippen molar-refractivity contribution in [3.05, 3.63) is 24.0 Å². The number of amides is 1. The van der Waals surface area contributed by atoms with Crippen LogP contribution in [0.1, 0.15) is 23.8 Å². The van der Waals surface area contributed by atoms with Crippen molar-refractivity contribution in [2.24, 2.45) is 0 Å². The smallest absolute Gasteiger partial charge is 0.323 e. The number of terminal acetylenes is 1. The van der Waals surface area contributed by atoms with E-state index in [1.165, 1.54) is 4.57 Å². The number of rotatable bonds is 5. The molecule has 1 rings (SSSR count). The first-order chi connectivity index (χ1) is 8.04. The van der Waals surface area contributed by atoms with Gasteiger partial charge < -0.3 is 15.0 Å². The lowest BCUT2D eigenvalue weighted by atomic mass is 10.2. The lowest BCUT2D eigenvalue weighted by Crippen LogP contribution is -2.33. The maximum absolute atomic E-state index is 11.8. The quantitative estimate of drug-likeness (QED) is 0.737. The molecule has 17 heavy (non-hydrogen) atoms. The summed E-state index contributed by atoms with van der Waals surface area (Å²) in [5, 5.41) is 11.4. The second kappa shape index (κ2) is 5.75. The van der Waals surface area contributed by atoms with Crippen LogP contribution >= 0.6 is 0 Å². The Morgan fingerprint density at radius 2 is 2.35 bits per heavy atom. The number of nitrogens with one attached hydrogen (secondary N) is 1. The zero-order valence-corrected chi connectivity index (χ0v) is 9.51. The molecule has 2 N–H and O–H groups in total. The first kappa shape index (κ1) is 12.8. The normalized spacial score (nSPS) is 11.5. The van der Waals surface area contributed by atoms with Crippen molar-refractivity contribution in [2.45, 2.75) is 25.9 Å². The highest BCUT2D eigenvalue weighted by Gasteiger charge is 2.14. The fraction of sp³-hybridized carbons (Fsp3) is 0.333. The molecule has 90 valence electrons. The van der Waals surface area contributed by atoms with E-state index in [1.807, 2.05) is 0 Å². The largest absolute Gasteiger partial charge is 0.480 e. The molecule has 0 fully saturated rings. The van der Waals surface area contributed by atoms with Crippen molar-refractivity contribution in [3.8, 4) is 12.3 Å². The standard InChI is InChI=1S/C12H14N2O3/c1-3-5-9(2)13-12(17)10-6-4-7-14(10)8-11(15)16/h1,4,6-7,9H,5,8H2,2H3,(H,13,17)(H,15,16). The fourth-order valence-corrected chi connectivity index (χ4v) is 1.43. The molecule has 0 aliphatic heterocycles. The fourth-order valence-electron chi connectivity index (χ4n) is 1.43. The molecule has 5 heteroatoms. The number of aromatic nitrogens is 1. The lowest BCUT2D eigenvalue weighted by molar-refractivity contribution is -0.137. The van der Waals surface area contributed by atoms with Crippen molar-refractivity contribution in [2.75, 3.05) is 0 Å². The van der Waals surface area contributed by atoms with E-state index in [9.17, 15) is 9.59 Å². The maximum atomic E-state index is 11.8. The van der Waals surface area contributed by atoms with Crippen LogP contribution in [0.3, 0.4) is 0 Å². The summed E-state index contributed by atoms with van der Waals surface area (Å²) in [7, 11) is 0. The third-order valence-corrected chi connectivity index (χ3v) is 2.17. The number of nitrogens with zero attached hydrogens (tertiary/aromatic N) is 1. The molecule has 1 aromatic rings. The second-order valence-electron chi connectivity index (χ2n) is 3.70. The number of carbonyl (C=O) groups excluding carboxylic acids is 1. The van der Waals surface area contributed by atoms with Crippen LogP contribution in [0.5, 0.6) is 0 Å². The summed E-state index contributed by atoms with van der Waals surface area (Å²) in [6, 6.07) is 3.06. The molecule has 1 unspecified atom stereocenters. The van der Waals surface area contributed by atoms with Gasteiger partial charge in [0, 0.05) is 18.7 Å². The van der Waals surface area contributed by atoms with E-state index >= 15 is 0 Å². The number of hydrogen-bond donors (Lipinski definition) is 2. The van der Waals surface area contributed by atoms with Gasteiger partial charge in [-0.3, -0.25) is 9.59 Å². The van der Waals surface area contributed by atoms with Crippen LogP contribution in [0.25, 0.3) is 0 Å². The van der Waals surface area contributed by atoms with Gasteiger partial charge in [-0.1, -0.05) is 0 Å². The molecule has 1 amide bonds. The minimum absolute atomic E-state index is 0.138. The van der Waals surface area contributed by atoms with Gasteiger partial charge in [0.25, 0.3) is 5.91 Å². The Morgan fingerprint density at radius 1 is 1.65 bits per heavy atom. The summed E-state index contributed by atoms with van der Waals surface area (Å²) >= 11 is 0. The van der Waals surface area contributed by atoms with E-state index < -0.39 is 5.97 Å². The molecule has 1 aromatic heterocycles. The van der Waals surface area contributed by atoms with Crippen LogP contribution in [0.15, 0.2) is 18.3 Å². The van der Waals surface area contributed by atoms with Crippen LogP contribution in [0, 0.1) is 12.3 Å². The highest BCUT2D eigenvalue weighted by molar-refractivity contribution is 5.93. The molecule has 0 saturated carbocycles. The van der Waals surface area contributed by atoms with Gasteiger partial charge in [-0.15, -0.1) is 12.3 Å². The Hall–Kier alpha value is -2.22. The van der Waals surface area contributed by atoms with Gasteiger partial charge in [-0.25, -0.2) is 0 Å².